The molecule has 144 valence electrons. The molecule has 2 aliphatic rings. The topological polar surface area (TPSA) is 69.7 Å². The van der Waals surface area contributed by atoms with Crippen molar-refractivity contribution in [3.05, 3.63) is 58.1 Å². The van der Waals surface area contributed by atoms with Gasteiger partial charge in [-0.25, -0.2) is 0 Å². The van der Waals surface area contributed by atoms with Crippen molar-refractivity contribution in [3.63, 3.8) is 0 Å². The molecule has 2 aromatic carbocycles. The number of nitrogens with zero attached hydrogens (tertiary/aromatic N) is 2. The molecule has 28 heavy (non-hydrogen) atoms. The third-order valence-corrected chi connectivity index (χ3v) is 6.36. The van der Waals surface area contributed by atoms with Gasteiger partial charge in [0.15, 0.2) is 0 Å². The second-order valence-corrected chi connectivity index (χ2v) is 7.88. The second kappa shape index (κ2) is 6.74. The fraction of sp³-hybridized carbons (Fsp3) is 0.286. The summed E-state index contributed by atoms with van der Waals surface area (Å²) in [6, 6.07) is 12.5. The summed E-state index contributed by atoms with van der Waals surface area (Å²) in [5.74, 6) is -0.753. The number of halogens is 1. The molecule has 1 N–H and O–H groups in total. The zero-order valence-electron chi connectivity index (χ0n) is 15.7. The second-order valence-electron chi connectivity index (χ2n) is 7.03. The van der Waals surface area contributed by atoms with Crippen molar-refractivity contribution in [3.8, 4) is 0 Å². The van der Waals surface area contributed by atoms with Crippen LogP contribution in [-0.4, -0.2) is 34.8 Å². The van der Waals surface area contributed by atoms with Crippen LogP contribution in [0.2, 0.25) is 0 Å². The van der Waals surface area contributed by atoms with Gasteiger partial charge in [-0.05, 0) is 49.7 Å². The Kier molecular flexibility index (Phi) is 4.50. The Balaban J connectivity index is 1.82. The Morgan fingerprint density at radius 3 is 2.68 bits per heavy atom. The van der Waals surface area contributed by atoms with E-state index in [0.29, 0.717) is 23.5 Å². The van der Waals surface area contributed by atoms with E-state index in [2.05, 4.69) is 21.2 Å². The van der Waals surface area contributed by atoms with E-state index < -0.39 is 5.66 Å². The number of fused-ring (bicyclic) bond motifs is 3. The average molecular weight is 442 g/mol. The van der Waals surface area contributed by atoms with Crippen LogP contribution in [0.25, 0.3) is 0 Å². The molecule has 4 rings (SSSR count). The molecule has 0 bridgehead atoms. The van der Waals surface area contributed by atoms with Gasteiger partial charge in [0.05, 0.1) is 11.3 Å². The van der Waals surface area contributed by atoms with Crippen molar-refractivity contribution in [1.82, 2.24) is 4.90 Å². The van der Waals surface area contributed by atoms with Gasteiger partial charge in [-0.2, -0.15) is 0 Å². The first-order chi connectivity index (χ1) is 13.4. The zero-order valence-corrected chi connectivity index (χ0v) is 17.2. The number of benzene rings is 2. The number of rotatable bonds is 3. The summed E-state index contributed by atoms with van der Waals surface area (Å²) in [4.78, 5) is 42.5. The van der Waals surface area contributed by atoms with Crippen LogP contribution in [0.15, 0.2) is 46.9 Å². The van der Waals surface area contributed by atoms with Gasteiger partial charge in [-0.1, -0.05) is 28.1 Å². The molecule has 1 atom stereocenters. The lowest BCUT2D eigenvalue weighted by Crippen LogP contribution is -2.69. The number of carbonyl (C=O) groups is 3. The molecular formula is C21H20BrN3O3. The molecule has 0 radical (unpaired) electrons. The number of likely N-dealkylation sites (N-methyl/N-ethyl adjacent to an activating group) is 1. The molecule has 6 nitrogen and oxygen atoms in total. The Bertz CT molecular complexity index is 1010. The average Bonchev–Trinajstić information content (AvgIpc) is 3.04. The highest BCUT2D eigenvalue weighted by Crippen LogP contribution is 2.44. The third kappa shape index (κ3) is 2.57. The normalized spacial score (nSPS) is 20.8. The van der Waals surface area contributed by atoms with Crippen molar-refractivity contribution >= 4 is 45.0 Å². The van der Waals surface area contributed by atoms with Gasteiger partial charge in [0, 0.05) is 29.5 Å². The number of hydrogen-bond acceptors (Lipinski definition) is 3. The van der Waals surface area contributed by atoms with Gasteiger partial charge >= 0.3 is 0 Å². The van der Waals surface area contributed by atoms with E-state index in [1.54, 1.807) is 30.3 Å². The standard InChI is InChI=1S/C21H20BrN3O3/c1-3-24-19(27)15-6-4-5-7-17(15)25-18(26)10-11-21(24,25)20(28)23-14-8-9-16(22)13(2)12-14/h4-9,12H,3,10-11H2,1-2H3,(H,23,28)/t21-/m1/s1. The minimum absolute atomic E-state index is 0.152. The molecular weight excluding hydrogens is 422 g/mol. The lowest BCUT2D eigenvalue weighted by molar-refractivity contribution is -0.128. The van der Waals surface area contributed by atoms with Crippen molar-refractivity contribution < 1.29 is 14.4 Å². The monoisotopic (exact) mass is 441 g/mol. The van der Waals surface area contributed by atoms with Crippen LogP contribution >= 0.6 is 15.9 Å². The van der Waals surface area contributed by atoms with E-state index in [1.807, 2.05) is 26.0 Å². The zero-order chi connectivity index (χ0) is 20.1. The highest BCUT2D eigenvalue weighted by atomic mass is 79.9. The third-order valence-electron chi connectivity index (χ3n) is 5.47. The number of amides is 3. The van der Waals surface area contributed by atoms with Crippen molar-refractivity contribution in [2.45, 2.75) is 32.4 Å². The SMILES string of the molecule is CCN1C(=O)c2ccccc2N2C(=O)CC[C@@]12C(=O)Nc1ccc(Br)c(C)c1. The molecule has 0 spiro atoms. The Morgan fingerprint density at radius 2 is 1.96 bits per heavy atom. The van der Waals surface area contributed by atoms with Crippen molar-refractivity contribution in [1.29, 1.82) is 0 Å². The number of carbonyl (C=O) groups excluding carboxylic acids is 3. The summed E-state index contributed by atoms with van der Waals surface area (Å²) < 4.78 is 0.943. The van der Waals surface area contributed by atoms with Crippen LogP contribution in [0.4, 0.5) is 11.4 Å². The molecule has 3 amide bonds. The van der Waals surface area contributed by atoms with E-state index in [0.717, 1.165) is 10.0 Å². The van der Waals surface area contributed by atoms with E-state index >= 15 is 0 Å². The molecule has 1 fully saturated rings. The minimum atomic E-state index is -1.35. The summed E-state index contributed by atoms with van der Waals surface area (Å²) in [5, 5.41) is 2.93. The van der Waals surface area contributed by atoms with E-state index in [9.17, 15) is 14.4 Å². The lowest BCUT2D eigenvalue weighted by atomic mass is 9.95. The summed E-state index contributed by atoms with van der Waals surface area (Å²) >= 11 is 3.45. The summed E-state index contributed by atoms with van der Waals surface area (Å²) in [6.45, 7) is 4.08. The summed E-state index contributed by atoms with van der Waals surface area (Å²) in [7, 11) is 0. The predicted octanol–water partition coefficient (Wildman–Crippen LogP) is 3.70. The molecule has 0 unspecified atom stereocenters. The van der Waals surface area contributed by atoms with Gasteiger partial charge in [0.25, 0.3) is 11.8 Å². The van der Waals surface area contributed by atoms with Gasteiger partial charge in [0.1, 0.15) is 0 Å². The van der Waals surface area contributed by atoms with E-state index in [1.165, 1.54) is 9.80 Å². The first-order valence-electron chi connectivity index (χ1n) is 9.22. The minimum Gasteiger partial charge on any atom is -0.322 e. The van der Waals surface area contributed by atoms with Crippen LogP contribution in [0, 0.1) is 6.92 Å². The maximum atomic E-state index is 13.5. The lowest BCUT2D eigenvalue weighted by Gasteiger charge is -2.48. The number of para-hydroxylation sites is 1. The van der Waals surface area contributed by atoms with Crippen LogP contribution < -0.4 is 10.2 Å². The highest BCUT2D eigenvalue weighted by molar-refractivity contribution is 9.10. The number of nitrogens with one attached hydrogen (secondary N) is 1. The Morgan fingerprint density at radius 1 is 1.21 bits per heavy atom. The van der Waals surface area contributed by atoms with Crippen LogP contribution in [0.1, 0.15) is 35.7 Å². The molecule has 2 aliphatic heterocycles. The quantitative estimate of drug-likeness (QED) is 0.789. The predicted molar refractivity (Wildman–Crippen MR) is 110 cm³/mol. The first-order valence-corrected chi connectivity index (χ1v) is 10.0. The number of aryl methyl sites for hydroxylation is 1. The van der Waals surface area contributed by atoms with Gasteiger partial charge in [-0.15, -0.1) is 0 Å². The van der Waals surface area contributed by atoms with Crippen LogP contribution in [-0.2, 0) is 9.59 Å². The molecule has 0 aliphatic carbocycles. The molecule has 0 saturated carbocycles. The first kappa shape index (κ1) is 18.7. The van der Waals surface area contributed by atoms with Crippen molar-refractivity contribution in [2.75, 3.05) is 16.8 Å². The molecule has 0 aromatic heterocycles. The maximum absolute atomic E-state index is 13.5. The number of anilines is 2. The molecule has 2 heterocycles. The maximum Gasteiger partial charge on any atom is 0.271 e. The Hall–Kier alpha value is -2.67. The highest BCUT2D eigenvalue weighted by Gasteiger charge is 2.60. The largest absolute Gasteiger partial charge is 0.322 e. The van der Waals surface area contributed by atoms with Crippen molar-refractivity contribution in [2.24, 2.45) is 0 Å². The molecule has 1 saturated heterocycles. The van der Waals surface area contributed by atoms with Crippen LogP contribution in [0.5, 0.6) is 0 Å². The molecule has 2 aromatic rings. The summed E-state index contributed by atoms with van der Waals surface area (Å²) in [5.41, 5.74) is 1.20. The fourth-order valence-electron chi connectivity index (χ4n) is 4.16. The van der Waals surface area contributed by atoms with E-state index in [4.69, 9.17) is 0 Å². The molecule has 7 heteroatoms. The van der Waals surface area contributed by atoms with Gasteiger partial charge in [0.2, 0.25) is 11.6 Å². The smallest absolute Gasteiger partial charge is 0.271 e. The number of hydrogen-bond donors (Lipinski definition) is 1. The summed E-state index contributed by atoms with van der Waals surface area (Å²) in [6.07, 6.45) is 0.478. The Labute approximate surface area is 171 Å². The fourth-order valence-corrected chi connectivity index (χ4v) is 4.41. The van der Waals surface area contributed by atoms with Gasteiger partial charge < -0.3 is 10.2 Å². The van der Waals surface area contributed by atoms with Gasteiger partial charge in [-0.3, -0.25) is 19.3 Å². The van der Waals surface area contributed by atoms with E-state index in [-0.39, 0.29) is 30.6 Å². The van der Waals surface area contributed by atoms with Crippen LogP contribution in [0.3, 0.4) is 0 Å².